The normalized spacial score (nSPS) is 11.4. The highest BCUT2D eigenvalue weighted by Gasteiger charge is 2.14. The lowest BCUT2D eigenvalue weighted by Gasteiger charge is -2.05. The van der Waals surface area contributed by atoms with Crippen LogP contribution in [0.4, 0.5) is 5.82 Å². The van der Waals surface area contributed by atoms with Gasteiger partial charge in [-0.3, -0.25) is 4.98 Å². The van der Waals surface area contributed by atoms with Crippen molar-refractivity contribution in [2.75, 3.05) is 12.4 Å². The van der Waals surface area contributed by atoms with Crippen molar-refractivity contribution < 1.29 is 8.42 Å². The smallest absolute Gasteiger partial charge is 0.242 e. The van der Waals surface area contributed by atoms with Crippen LogP contribution < -0.4 is 10.0 Å². The SMILES string of the molecule is CNc1ccc(S(=O)(=O)NCc2cncs2)cn1. The third kappa shape index (κ3) is 3.03. The third-order valence-electron chi connectivity index (χ3n) is 2.22. The van der Waals surface area contributed by atoms with E-state index in [1.807, 2.05) is 0 Å². The molecule has 0 aliphatic carbocycles. The van der Waals surface area contributed by atoms with Gasteiger partial charge in [-0.2, -0.15) is 0 Å². The Morgan fingerprint density at radius 2 is 2.17 bits per heavy atom. The lowest BCUT2D eigenvalue weighted by atomic mass is 10.5. The maximum atomic E-state index is 11.9. The van der Waals surface area contributed by atoms with Crippen LogP contribution in [0, 0.1) is 0 Å². The second kappa shape index (κ2) is 5.42. The number of thiazole rings is 1. The standard InChI is InChI=1S/C10H12N4O2S2/c1-11-10-3-2-9(6-13-10)18(15,16)14-5-8-4-12-7-17-8/h2-4,6-7,14H,5H2,1H3,(H,11,13). The molecule has 0 fully saturated rings. The molecule has 0 saturated heterocycles. The van der Waals surface area contributed by atoms with E-state index in [-0.39, 0.29) is 11.4 Å². The van der Waals surface area contributed by atoms with Crippen molar-refractivity contribution in [2.45, 2.75) is 11.4 Å². The molecule has 0 aliphatic heterocycles. The first-order valence-corrected chi connectivity index (χ1v) is 7.49. The van der Waals surface area contributed by atoms with Crippen molar-refractivity contribution in [3.05, 3.63) is 34.9 Å². The highest BCUT2D eigenvalue weighted by atomic mass is 32.2. The molecular formula is C10H12N4O2S2. The van der Waals surface area contributed by atoms with Crippen molar-refractivity contribution >= 4 is 27.2 Å². The molecule has 0 aliphatic rings. The van der Waals surface area contributed by atoms with E-state index in [2.05, 4.69) is 20.0 Å². The summed E-state index contributed by atoms with van der Waals surface area (Å²) in [6, 6.07) is 3.12. The second-order valence-corrected chi connectivity index (χ2v) is 6.16. The molecule has 0 amide bonds. The predicted octanol–water partition coefficient (Wildman–Crippen LogP) is 1.06. The lowest BCUT2D eigenvalue weighted by Crippen LogP contribution is -2.23. The van der Waals surface area contributed by atoms with E-state index in [0.29, 0.717) is 5.82 Å². The van der Waals surface area contributed by atoms with Crippen LogP contribution in [0.15, 0.2) is 34.9 Å². The van der Waals surface area contributed by atoms with E-state index >= 15 is 0 Å². The summed E-state index contributed by atoms with van der Waals surface area (Å²) >= 11 is 1.40. The minimum Gasteiger partial charge on any atom is -0.373 e. The van der Waals surface area contributed by atoms with Crippen LogP contribution in [-0.4, -0.2) is 25.4 Å². The van der Waals surface area contributed by atoms with Gasteiger partial charge in [0.2, 0.25) is 10.0 Å². The summed E-state index contributed by atoms with van der Waals surface area (Å²) in [7, 11) is -1.80. The molecule has 0 spiro atoms. The first-order chi connectivity index (χ1) is 8.62. The van der Waals surface area contributed by atoms with Gasteiger partial charge >= 0.3 is 0 Å². The fraction of sp³-hybridized carbons (Fsp3) is 0.200. The molecule has 0 bridgehead atoms. The zero-order chi connectivity index (χ0) is 13.0. The average molecular weight is 284 g/mol. The van der Waals surface area contributed by atoms with Gasteiger partial charge in [-0.05, 0) is 12.1 Å². The summed E-state index contributed by atoms with van der Waals surface area (Å²) < 4.78 is 26.4. The first kappa shape index (κ1) is 12.9. The molecule has 8 heteroatoms. The van der Waals surface area contributed by atoms with Crippen molar-refractivity contribution in [3.63, 3.8) is 0 Å². The molecule has 2 aromatic heterocycles. The number of rotatable bonds is 5. The largest absolute Gasteiger partial charge is 0.373 e. The number of anilines is 1. The molecule has 0 radical (unpaired) electrons. The fourth-order valence-corrected chi connectivity index (χ4v) is 2.84. The molecule has 0 aromatic carbocycles. The number of hydrogen-bond donors (Lipinski definition) is 2. The number of pyridine rings is 1. The van der Waals surface area contributed by atoms with Gasteiger partial charge in [-0.25, -0.2) is 18.1 Å². The van der Waals surface area contributed by atoms with Gasteiger partial charge in [0.1, 0.15) is 10.7 Å². The molecule has 96 valence electrons. The van der Waals surface area contributed by atoms with E-state index in [4.69, 9.17) is 0 Å². The maximum absolute atomic E-state index is 11.9. The number of hydrogen-bond acceptors (Lipinski definition) is 6. The van der Waals surface area contributed by atoms with Crippen LogP contribution in [-0.2, 0) is 16.6 Å². The topological polar surface area (TPSA) is 84.0 Å². The Labute approximate surface area is 109 Å². The minimum absolute atomic E-state index is 0.144. The predicted molar refractivity (Wildman–Crippen MR) is 69.9 cm³/mol. The summed E-state index contributed by atoms with van der Waals surface area (Å²) in [5.74, 6) is 0.622. The number of nitrogens with zero attached hydrogens (tertiary/aromatic N) is 2. The van der Waals surface area contributed by atoms with Gasteiger partial charge in [0, 0.05) is 30.9 Å². The zero-order valence-electron chi connectivity index (χ0n) is 9.62. The van der Waals surface area contributed by atoms with Gasteiger partial charge in [0.25, 0.3) is 0 Å². The van der Waals surface area contributed by atoms with Crippen LogP contribution in [0.5, 0.6) is 0 Å². The average Bonchev–Trinajstić information content (AvgIpc) is 2.90. The highest BCUT2D eigenvalue weighted by Crippen LogP contribution is 2.12. The van der Waals surface area contributed by atoms with E-state index < -0.39 is 10.0 Å². The van der Waals surface area contributed by atoms with Crippen LogP contribution in [0.25, 0.3) is 0 Å². The van der Waals surface area contributed by atoms with Crippen molar-refractivity contribution in [3.8, 4) is 0 Å². The van der Waals surface area contributed by atoms with Gasteiger partial charge in [-0.15, -0.1) is 11.3 Å². The molecule has 0 unspecified atom stereocenters. The summed E-state index contributed by atoms with van der Waals surface area (Å²) in [5.41, 5.74) is 1.66. The first-order valence-electron chi connectivity index (χ1n) is 5.12. The molecule has 2 N–H and O–H groups in total. The fourth-order valence-electron chi connectivity index (χ4n) is 1.27. The Morgan fingerprint density at radius 1 is 1.33 bits per heavy atom. The summed E-state index contributed by atoms with van der Waals surface area (Å²) in [6.45, 7) is 0.237. The molecule has 18 heavy (non-hydrogen) atoms. The van der Waals surface area contributed by atoms with Gasteiger partial charge in [-0.1, -0.05) is 0 Å². The van der Waals surface area contributed by atoms with Crippen LogP contribution in [0.1, 0.15) is 4.88 Å². The van der Waals surface area contributed by atoms with Crippen LogP contribution >= 0.6 is 11.3 Å². The molecule has 2 rings (SSSR count). The Kier molecular flexibility index (Phi) is 3.90. The van der Waals surface area contributed by atoms with E-state index in [9.17, 15) is 8.42 Å². The van der Waals surface area contributed by atoms with Gasteiger partial charge in [0.15, 0.2) is 0 Å². The highest BCUT2D eigenvalue weighted by molar-refractivity contribution is 7.89. The third-order valence-corrected chi connectivity index (χ3v) is 4.39. The Balaban J connectivity index is 2.09. The molecule has 0 atom stereocenters. The Bertz CT molecular complexity index is 593. The molecule has 2 heterocycles. The second-order valence-electron chi connectivity index (χ2n) is 3.42. The Hall–Kier alpha value is -1.51. The van der Waals surface area contributed by atoms with E-state index in [1.54, 1.807) is 24.8 Å². The quantitative estimate of drug-likeness (QED) is 0.857. The summed E-state index contributed by atoms with van der Waals surface area (Å²) in [5, 5.41) is 2.83. The maximum Gasteiger partial charge on any atom is 0.242 e. The summed E-state index contributed by atoms with van der Waals surface area (Å²) in [4.78, 5) is 8.85. The number of aromatic nitrogens is 2. The number of nitrogens with one attached hydrogen (secondary N) is 2. The van der Waals surface area contributed by atoms with E-state index in [1.165, 1.54) is 23.6 Å². The molecular weight excluding hydrogens is 272 g/mol. The lowest BCUT2D eigenvalue weighted by molar-refractivity contribution is 0.581. The summed E-state index contributed by atoms with van der Waals surface area (Å²) in [6.07, 6.45) is 2.95. The minimum atomic E-state index is -3.52. The number of sulfonamides is 1. The van der Waals surface area contributed by atoms with Crippen LogP contribution in [0.2, 0.25) is 0 Å². The Morgan fingerprint density at radius 3 is 2.72 bits per heavy atom. The molecule has 2 aromatic rings. The monoisotopic (exact) mass is 284 g/mol. The van der Waals surface area contributed by atoms with E-state index in [0.717, 1.165) is 4.88 Å². The molecule has 0 saturated carbocycles. The van der Waals surface area contributed by atoms with Crippen molar-refractivity contribution in [2.24, 2.45) is 0 Å². The van der Waals surface area contributed by atoms with Gasteiger partial charge < -0.3 is 5.32 Å². The van der Waals surface area contributed by atoms with Crippen molar-refractivity contribution in [1.82, 2.24) is 14.7 Å². The van der Waals surface area contributed by atoms with Crippen LogP contribution in [0.3, 0.4) is 0 Å². The molecule has 6 nitrogen and oxygen atoms in total. The zero-order valence-corrected chi connectivity index (χ0v) is 11.3. The van der Waals surface area contributed by atoms with Gasteiger partial charge in [0.05, 0.1) is 5.51 Å². The van der Waals surface area contributed by atoms with Crippen molar-refractivity contribution in [1.29, 1.82) is 0 Å².